The number of para-hydroxylation sites is 1. The molecule has 9 nitrogen and oxygen atoms in total. The summed E-state index contributed by atoms with van der Waals surface area (Å²) in [6, 6.07) is 4.82. The molecule has 0 spiro atoms. The van der Waals surface area contributed by atoms with Crippen molar-refractivity contribution in [2.24, 2.45) is 0 Å². The zero-order chi connectivity index (χ0) is 26.0. The third kappa shape index (κ3) is 9.18. The normalized spacial score (nSPS) is 18.2. The number of ether oxygens (including phenoxy) is 4. The van der Waals surface area contributed by atoms with Crippen molar-refractivity contribution in [1.82, 2.24) is 5.32 Å². The number of rotatable bonds is 11. The van der Waals surface area contributed by atoms with Crippen molar-refractivity contribution in [2.45, 2.75) is 76.0 Å². The molecule has 36 heavy (non-hydrogen) atoms. The minimum atomic E-state index is -4.17. The SMILES string of the molecule is O=C(OCOC(=O)c1cccc2c1OB(O)[C@@H](NCOCCCCC(F)(F)F)C2)OC1CCCCC1. The number of unbranched alkanes of at least 4 members (excludes halogenated alkanes) is 1. The van der Waals surface area contributed by atoms with Crippen molar-refractivity contribution in [3.63, 3.8) is 0 Å². The van der Waals surface area contributed by atoms with Gasteiger partial charge in [0.1, 0.15) is 17.4 Å². The molecule has 1 aliphatic heterocycles. The van der Waals surface area contributed by atoms with E-state index < -0.39 is 44.6 Å². The number of halogens is 3. The van der Waals surface area contributed by atoms with Crippen molar-refractivity contribution in [3.8, 4) is 5.75 Å². The summed E-state index contributed by atoms with van der Waals surface area (Å²) in [6.45, 7) is -0.459. The topological polar surface area (TPSA) is 113 Å². The van der Waals surface area contributed by atoms with E-state index in [1.807, 2.05) is 0 Å². The van der Waals surface area contributed by atoms with Crippen LogP contribution in [-0.2, 0) is 25.4 Å². The van der Waals surface area contributed by atoms with E-state index in [1.54, 1.807) is 12.1 Å². The molecular formula is C23H31BF3NO8. The van der Waals surface area contributed by atoms with Gasteiger partial charge < -0.3 is 28.6 Å². The van der Waals surface area contributed by atoms with Crippen molar-refractivity contribution < 1.29 is 51.4 Å². The molecule has 1 fully saturated rings. The van der Waals surface area contributed by atoms with Gasteiger partial charge in [0.25, 0.3) is 0 Å². The quantitative estimate of drug-likeness (QED) is 0.195. The first-order valence-electron chi connectivity index (χ1n) is 12.1. The second-order valence-electron chi connectivity index (χ2n) is 8.76. The van der Waals surface area contributed by atoms with E-state index in [4.69, 9.17) is 23.6 Å². The van der Waals surface area contributed by atoms with Crippen LogP contribution in [-0.4, -0.2) is 62.6 Å². The minimum Gasteiger partial charge on any atom is -0.534 e. The summed E-state index contributed by atoms with van der Waals surface area (Å²) in [5.41, 5.74) is 0.699. The van der Waals surface area contributed by atoms with Crippen LogP contribution in [0.3, 0.4) is 0 Å². The van der Waals surface area contributed by atoms with Gasteiger partial charge in [-0.25, -0.2) is 9.59 Å². The molecule has 3 rings (SSSR count). The molecule has 2 N–H and O–H groups in total. The molecule has 1 heterocycles. The van der Waals surface area contributed by atoms with Gasteiger partial charge in [-0.2, -0.15) is 13.2 Å². The maximum Gasteiger partial charge on any atom is 0.541 e. The van der Waals surface area contributed by atoms with Gasteiger partial charge in [-0.15, -0.1) is 0 Å². The van der Waals surface area contributed by atoms with E-state index in [2.05, 4.69) is 5.32 Å². The molecule has 1 aliphatic carbocycles. The third-order valence-corrected chi connectivity index (χ3v) is 5.97. The number of carbonyl (C=O) groups excluding carboxylic acids is 2. The van der Waals surface area contributed by atoms with E-state index in [9.17, 15) is 27.8 Å². The van der Waals surface area contributed by atoms with Crippen LogP contribution in [0.4, 0.5) is 18.0 Å². The number of alkyl halides is 3. The highest BCUT2D eigenvalue weighted by Gasteiger charge is 2.36. The Bertz CT molecular complexity index is 866. The summed E-state index contributed by atoms with van der Waals surface area (Å²) in [6.07, 6.45) is -0.873. The van der Waals surface area contributed by atoms with E-state index in [1.165, 1.54) is 6.07 Å². The first kappa shape index (κ1) is 28.1. The monoisotopic (exact) mass is 517 g/mol. The van der Waals surface area contributed by atoms with Crippen LogP contribution in [0.25, 0.3) is 0 Å². The Morgan fingerprint density at radius 2 is 1.92 bits per heavy atom. The van der Waals surface area contributed by atoms with Gasteiger partial charge in [-0.05, 0) is 56.6 Å². The number of hydrogen-bond donors (Lipinski definition) is 2. The Morgan fingerprint density at radius 1 is 1.14 bits per heavy atom. The Labute approximate surface area is 207 Å². The van der Waals surface area contributed by atoms with Gasteiger partial charge in [-0.3, -0.25) is 5.32 Å². The van der Waals surface area contributed by atoms with E-state index in [0.717, 1.165) is 32.1 Å². The van der Waals surface area contributed by atoms with Gasteiger partial charge in [0.05, 0.1) is 12.7 Å². The molecule has 0 saturated heterocycles. The second kappa shape index (κ2) is 13.7. The highest BCUT2D eigenvalue weighted by atomic mass is 19.4. The van der Waals surface area contributed by atoms with E-state index in [-0.39, 0.29) is 43.6 Å². The van der Waals surface area contributed by atoms with Crippen LogP contribution >= 0.6 is 0 Å². The van der Waals surface area contributed by atoms with Crippen molar-refractivity contribution >= 4 is 19.2 Å². The van der Waals surface area contributed by atoms with E-state index in [0.29, 0.717) is 12.0 Å². The van der Waals surface area contributed by atoms with Gasteiger partial charge in [-0.1, -0.05) is 18.6 Å². The van der Waals surface area contributed by atoms with Crippen LogP contribution in [0.5, 0.6) is 5.75 Å². The molecule has 0 unspecified atom stereocenters. The zero-order valence-electron chi connectivity index (χ0n) is 19.9. The summed E-state index contributed by atoms with van der Waals surface area (Å²) in [7, 11) is -1.30. The van der Waals surface area contributed by atoms with E-state index >= 15 is 0 Å². The van der Waals surface area contributed by atoms with Gasteiger partial charge >= 0.3 is 25.4 Å². The predicted molar refractivity (Wildman–Crippen MR) is 121 cm³/mol. The Kier molecular flexibility index (Phi) is 10.7. The molecule has 0 radical (unpaired) electrons. The summed E-state index contributed by atoms with van der Waals surface area (Å²) < 4.78 is 62.3. The van der Waals surface area contributed by atoms with Crippen molar-refractivity contribution in [2.75, 3.05) is 20.1 Å². The molecule has 2 aliphatic rings. The lowest BCUT2D eigenvalue weighted by atomic mass is 9.72. The van der Waals surface area contributed by atoms with Gasteiger partial charge in [0, 0.05) is 13.0 Å². The maximum absolute atomic E-state index is 12.5. The van der Waals surface area contributed by atoms with Crippen LogP contribution in [0, 0.1) is 0 Å². The Morgan fingerprint density at radius 3 is 2.67 bits per heavy atom. The number of carbonyl (C=O) groups is 2. The average Bonchev–Trinajstić information content (AvgIpc) is 2.83. The average molecular weight is 517 g/mol. The standard InChI is InChI=1S/C23H31BF3NO8/c25-23(26,27)11-4-5-12-32-14-28-19-13-16-7-6-10-18(20(16)36-24(19)31)21(29)33-15-34-22(30)35-17-8-2-1-3-9-17/h6-7,10,17,19,28,31H,1-5,8-9,11-15H2/t19-/m0/s1. The van der Waals surface area contributed by atoms with Crippen LogP contribution < -0.4 is 9.97 Å². The number of nitrogens with one attached hydrogen (secondary N) is 1. The Hall–Kier alpha value is -2.51. The summed E-state index contributed by atoms with van der Waals surface area (Å²) in [5, 5.41) is 13.3. The van der Waals surface area contributed by atoms with Crippen molar-refractivity contribution in [1.29, 1.82) is 0 Å². The van der Waals surface area contributed by atoms with Crippen LogP contribution in [0.1, 0.15) is 67.3 Å². The molecule has 200 valence electrons. The highest BCUT2D eigenvalue weighted by Crippen LogP contribution is 2.30. The lowest BCUT2D eigenvalue weighted by Crippen LogP contribution is -2.51. The Balaban J connectivity index is 1.40. The summed E-state index contributed by atoms with van der Waals surface area (Å²) in [5.74, 6) is -1.19. The predicted octanol–water partition coefficient (Wildman–Crippen LogP) is 3.91. The molecule has 1 atom stereocenters. The smallest absolute Gasteiger partial charge is 0.534 e. The molecule has 13 heteroatoms. The second-order valence-corrected chi connectivity index (χ2v) is 8.76. The van der Waals surface area contributed by atoms with Gasteiger partial charge in [0.2, 0.25) is 6.79 Å². The van der Waals surface area contributed by atoms with Crippen molar-refractivity contribution in [3.05, 3.63) is 29.3 Å². The molecule has 1 aromatic carbocycles. The van der Waals surface area contributed by atoms with Gasteiger partial charge in [0.15, 0.2) is 0 Å². The minimum absolute atomic E-state index is 0.0162. The first-order valence-corrected chi connectivity index (χ1v) is 12.1. The first-order chi connectivity index (χ1) is 17.2. The number of benzene rings is 1. The lowest BCUT2D eigenvalue weighted by Gasteiger charge is -2.29. The summed E-state index contributed by atoms with van der Waals surface area (Å²) >= 11 is 0. The fraction of sp³-hybridized carbons (Fsp3) is 0.652. The molecule has 0 amide bonds. The molecule has 0 aromatic heterocycles. The summed E-state index contributed by atoms with van der Waals surface area (Å²) in [4.78, 5) is 24.3. The lowest BCUT2D eigenvalue weighted by molar-refractivity contribution is -0.136. The molecule has 1 aromatic rings. The molecular weight excluding hydrogens is 486 g/mol. The fourth-order valence-electron chi connectivity index (χ4n) is 4.09. The largest absolute Gasteiger partial charge is 0.541 e. The van der Waals surface area contributed by atoms with Crippen LogP contribution in [0.15, 0.2) is 18.2 Å². The fourth-order valence-corrected chi connectivity index (χ4v) is 4.09. The maximum atomic E-state index is 12.5. The third-order valence-electron chi connectivity index (χ3n) is 5.97. The highest BCUT2D eigenvalue weighted by molar-refractivity contribution is 6.46. The molecule has 0 bridgehead atoms. The molecule has 1 saturated carbocycles. The number of fused-ring (bicyclic) bond motifs is 1. The zero-order valence-corrected chi connectivity index (χ0v) is 19.9. The number of hydrogen-bond acceptors (Lipinski definition) is 9. The number of esters is 1. The van der Waals surface area contributed by atoms with Crippen LogP contribution in [0.2, 0.25) is 0 Å².